The number of carboxylic acid groups (broad SMARTS) is 2. The fraction of sp³-hybridized carbons (Fsp3) is 0.455. The summed E-state index contributed by atoms with van der Waals surface area (Å²) in [5.41, 5.74) is 1.39. The van der Waals surface area contributed by atoms with Crippen LogP contribution in [0.4, 0.5) is 4.79 Å². The van der Waals surface area contributed by atoms with Gasteiger partial charge < -0.3 is 66.7 Å². The van der Waals surface area contributed by atoms with E-state index < -0.39 is 131 Å². The zero-order valence-corrected chi connectivity index (χ0v) is 47.0. The van der Waals surface area contributed by atoms with Crippen LogP contribution in [0, 0.1) is 0 Å². The summed E-state index contributed by atoms with van der Waals surface area (Å²) in [5, 5.41) is 40.1. The zero-order valence-electron chi connectivity index (χ0n) is 46.2. The fourth-order valence-electron chi connectivity index (χ4n) is 8.27. The number of hydrogen-bond donors (Lipinski definition) is 12. The lowest BCUT2D eigenvalue weighted by atomic mass is 10.0. The normalized spacial score (nSPS) is 13.5. The highest BCUT2D eigenvalue weighted by Gasteiger charge is 2.34. The summed E-state index contributed by atoms with van der Waals surface area (Å²) in [4.78, 5) is 137. The highest BCUT2D eigenvalue weighted by molar-refractivity contribution is 7.81. The van der Waals surface area contributed by atoms with E-state index in [-0.39, 0.29) is 43.4 Å². The van der Waals surface area contributed by atoms with E-state index in [0.717, 1.165) is 17.7 Å². The number of carbonyl (C=O) groups is 10. The van der Waals surface area contributed by atoms with Gasteiger partial charge in [-0.2, -0.15) is 8.42 Å². The minimum Gasteiger partial charge on any atom is -0.481 e. The number of aromatic amines is 1. The number of alkyl carbamates (subject to hydrolysis) is 1. The monoisotopic (exact) mass is 1160 g/mol. The van der Waals surface area contributed by atoms with Gasteiger partial charge in [-0.15, -0.1) is 0 Å². The van der Waals surface area contributed by atoms with Crippen molar-refractivity contribution < 1.29 is 80.0 Å². The average molecular weight is 1160 g/mol. The molecular weight excluding hydrogens is 1090 g/mol. The summed E-state index contributed by atoms with van der Waals surface area (Å²) in [7, 11) is -4.91. The highest BCUT2D eigenvalue weighted by atomic mass is 32.3. The van der Waals surface area contributed by atoms with Crippen LogP contribution in [0.15, 0.2) is 85.1 Å². The number of carbonyl (C=O) groups excluding carboxylic acids is 8. The maximum atomic E-state index is 14.4. The Hall–Kier alpha value is -8.59. The van der Waals surface area contributed by atoms with Crippen LogP contribution in [0.25, 0.3) is 10.9 Å². The van der Waals surface area contributed by atoms with E-state index in [1.54, 1.807) is 37.4 Å². The standard InChI is InChI=1S/C55H73N9O17S/c1-6-8-18-39(59-51(73)41(27-34-21-24-36(25-22-34)81-82(77,78)79)61-53(75)43(29-47(67)68)62-54(76)80-55(3,4)5)49(71)57-32-46(66)58-42(28-35-31-56-38-20-14-13-17-37(35)38)52(74)60-40(19-9-7-2)50(72)64-44(30-48(69)70)63-45(65)26-23-33-15-11-10-12-16-33/h10-17,20-22,24-25,31,39-44,56H,6-9,18-19,23,26-30,32H2,1-5H3,(H,57,71)(H,58,66)(H,59,73)(H,60,74)(H,61,75)(H,62,76)(H,63,65)(H,64,72)(H,67,68)(H,69,70)(H,77,78,79)/t39-,40-,41-,42+,43?,44+/m0/s1. The first-order valence-electron chi connectivity index (χ1n) is 26.6. The predicted octanol–water partition coefficient (Wildman–Crippen LogP) is 2.60. The Balaban J connectivity index is 1.55. The molecule has 0 saturated heterocycles. The number of fused-ring (bicyclic) bond motifs is 1. The summed E-state index contributed by atoms with van der Waals surface area (Å²) in [6, 6.07) is 13.7. The Kier molecular flexibility index (Phi) is 25.7. The first kappa shape index (κ1) is 65.9. The Morgan fingerprint density at radius 3 is 1.72 bits per heavy atom. The van der Waals surface area contributed by atoms with Gasteiger partial charge in [0.05, 0.1) is 19.4 Å². The third-order valence-electron chi connectivity index (χ3n) is 12.2. The molecule has 0 aliphatic heterocycles. The van der Waals surface area contributed by atoms with Gasteiger partial charge in [-0.3, -0.25) is 47.7 Å². The van der Waals surface area contributed by atoms with Crippen LogP contribution in [0.1, 0.15) is 109 Å². The number of hydrogen-bond acceptors (Lipinski definition) is 14. The number of carboxylic acids is 2. The lowest BCUT2D eigenvalue weighted by molar-refractivity contribution is -0.140. The second kappa shape index (κ2) is 32.0. The van der Waals surface area contributed by atoms with Crippen LogP contribution >= 0.6 is 0 Å². The maximum Gasteiger partial charge on any atom is 0.446 e. The van der Waals surface area contributed by atoms with Crippen LogP contribution in [-0.2, 0) is 77.5 Å². The third kappa shape index (κ3) is 24.0. The number of unbranched alkanes of at least 4 members (excludes halogenated alkanes) is 2. The number of aliphatic carboxylic acids is 2. The molecule has 0 aliphatic rings. The third-order valence-corrected chi connectivity index (χ3v) is 12.6. The molecule has 27 heteroatoms. The largest absolute Gasteiger partial charge is 0.481 e. The van der Waals surface area contributed by atoms with Gasteiger partial charge in [0.25, 0.3) is 0 Å². The van der Waals surface area contributed by atoms with Crippen LogP contribution in [0.5, 0.6) is 5.75 Å². The van der Waals surface area contributed by atoms with E-state index in [2.05, 4.69) is 51.7 Å². The molecule has 0 saturated carbocycles. The van der Waals surface area contributed by atoms with Crippen LogP contribution in [0.2, 0.25) is 0 Å². The average Bonchev–Trinajstić information content (AvgIpc) is 3.95. The molecule has 6 atom stereocenters. The smallest absolute Gasteiger partial charge is 0.446 e. The van der Waals surface area contributed by atoms with Crippen molar-refractivity contribution in [1.29, 1.82) is 0 Å². The fourth-order valence-corrected chi connectivity index (χ4v) is 8.63. The molecule has 1 heterocycles. The van der Waals surface area contributed by atoms with Gasteiger partial charge >= 0.3 is 28.4 Å². The first-order valence-corrected chi connectivity index (χ1v) is 27.9. The van der Waals surface area contributed by atoms with Crippen LogP contribution in [-0.4, -0.2) is 136 Å². The van der Waals surface area contributed by atoms with Crippen molar-refractivity contribution in [2.24, 2.45) is 0 Å². The van der Waals surface area contributed by atoms with E-state index in [9.17, 15) is 66.6 Å². The van der Waals surface area contributed by atoms with E-state index in [4.69, 9.17) is 9.29 Å². The van der Waals surface area contributed by atoms with Crippen molar-refractivity contribution in [2.75, 3.05) is 6.54 Å². The molecule has 0 fully saturated rings. The highest BCUT2D eigenvalue weighted by Crippen LogP contribution is 2.20. The number of nitrogens with one attached hydrogen (secondary N) is 9. The van der Waals surface area contributed by atoms with Gasteiger partial charge in [-0.25, -0.2) is 4.79 Å². The number of H-pyrrole nitrogens is 1. The van der Waals surface area contributed by atoms with Crippen molar-refractivity contribution in [2.45, 2.75) is 154 Å². The van der Waals surface area contributed by atoms with Crippen molar-refractivity contribution >= 4 is 80.7 Å². The molecule has 0 aliphatic carbocycles. The molecule has 82 heavy (non-hydrogen) atoms. The quantitative estimate of drug-likeness (QED) is 0.0241. The number of rotatable bonds is 33. The number of aryl methyl sites for hydroxylation is 1. The van der Waals surface area contributed by atoms with Crippen LogP contribution in [0.3, 0.4) is 0 Å². The predicted molar refractivity (Wildman–Crippen MR) is 297 cm³/mol. The Morgan fingerprint density at radius 1 is 0.585 bits per heavy atom. The molecule has 3 aromatic carbocycles. The summed E-state index contributed by atoms with van der Waals surface area (Å²) in [6.07, 6.45) is -0.671. The van der Waals surface area contributed by atoms with Gasteiger partial charge in [0.15, 0.2) is 0 Å². The lowest BCUT2D eigenvalue weighted by Crippen LogP contribution is -2.59. The second-order valence-electron chi connectivity index (χ2n) is 20.2. The van der Waals surface area contributed by atoms with Gasteiger partial charge in [-0.05, 0) is 74.9 Å². The molecular formula is C55H73N9O17S. The SMILES string of the molecule is CCCC[C@H](NC(=O)[C@H](Cc1ccc(OS(=O)(=O)O)cc1)NC(=O)C(CC(=O)O)NC(=O)OC(C)(C)C)C(=O)NCC(=O)N[C@H](Cc1c[nH]c2ccccc12)C(=O)N[C@@H](CCCC)C(=O)N[C@H](CC(=O)O)NC(=O)CCc1ccccc1. The second-order valence-corrected chi connectivity index (χ2v) is 21.3. The lowest BCUT2D eigenvalue weighted by Gasteiger charge is -2.26. The molecule has 0 spiro atoms. The number of para-hydroxylation sites is 1. The topological polar surface area (TPSA) is 396 Å². The minimum absolute atomic E-state index is 0.00262. The number of amides is 8. The first-order chi connectivity index (χ1) is 38.7. The van der Waals surface area contributed by atoms with E-state index in [1.807, 2.05) is 37.3 Å². The summed E-state index contributed by atoms with van der Waals surface area (Å²) >= 11 is 0. The molecule has 12 N–H and O–H groups in total. The van der Waals surface area contributed by atoms with Gasteiger partial charge in [0.2, 0.25) is 41.4 Å². The Bertz CT molecular complexity index is 2970. The molecule has 4 rings (SSSR count). The number of benzene rings is 3. The summed E-state index contributed by atoms with van der Waals surface area (Å²) in [6.45, 7) is 7.50. The minimum atomic E-state index is -4.91. The molecule has 0 bridgehead atoms. The van der Waals surface area contributed by atoms with Crippen LogP contribution < -0.4 is 46.7 Å². The van der Waals surface area contributed by atoms with E-state index in [0.29, 0.717) is 48.6 Å². The molecule has 1 unspecified atom stereocenters. The van der Waals surface area contributed by atoms with E-state index >= 15 is 0 Å². The van der Waals surface area contributed by atoms with E-state index in [1.165, 1.54) is 32.9 Å². The molecule has 26 nitrogen and oxygen atoms in total. The van der Waals surface area contributed by atoms with Gasteiger partial charge in [0.1, 0.15) is 47.7 Å². The maximum absolute atomic E-state index is 14.4. The van der Waals surface area contributed by atoms with Crippen molar-refractivity contribution in [1.82, 2.24) is 47.5 Å². The molecule has 0 radical (unpaired) electrons. The molecule has 446 valence electrons. The zero-order chi connectivity index (χ0) is 60.6. The van der Waals surface area contributed by atoms with Crippen molar-refractivity contribution in [3.63, 3.8) is 0 Å². The van der Waals surface area contributed by atoms with Crippen molar-refractivity contribution in [3.8, 4) is 5.75 Å². The molecule has 1 aromatic heterocycles. The van der Waals surface area contributed by atoms with Gasteiger partial charge in [0, 0.05) is 36.4 Å². The number of ether oxygens (including phenoxy) is 1. The summed E-state index contributed by atoms with van der Waals surface area (Å²) in [5.74, 6) is -9.17. The Labute approximate surface area is 474 Å². The van der Waals surface area contributed by atoms with Crippen molar-refractivity contribution in [3.05, 3.63) is 102 Å². The van der Waals surface area contributed by atoms with Gasteiger partial charge in [-0.1, -0.05) is 100 Å². The number of aromatic nitrogens is 1. The molecule has 8 amide bonds. The Morgan fingerprint density at radius 2 is 1.13 bits per heavy atom. The summed E-state index contributed by atoms with van der Waals surface area (Å²) < 4.78 is 41.4. The molecule has 4 aromatic rings.